The van der Waals surface area contributed by atoms with Crippen LogP contribution < -0.4 is 5.73 Å². The Bertz CT molecular complexity index is 332. The van der Waals surface area contributed by atoms with Gasteiger partial charge >= 0.3 is 0 Å². The third-order valence-electron chi connectivity index (χ3n) is 2.98. The molecule has 0 saturated heterocycles. The average molecular weight is 238 g/mol. The largest absolute Gasteiger partial charge is 0.369 e. The van der Waals surface area contributed by atoms with Crippen LogP contribution in [0.25, 0.3) is 0 Å². The van der Waals surface area contributed by atoms with Crippen molar-refractivity contribution in [2.75, 3.05) is 6.54 Å². The van der Waals surface area contributed by atoms with E-state index in [-0.39, 0.29) is 23.6 Å². The zero-order valence-electron chi connectivity index (χ0n) is 10.0. The zero-order chi connectivity index (χ0) is 12.8. The molecule has 2 N–H and O–H groups in total. The number of imide groups is 1. The number of nitrogens with zero attached hydrogens (tertiary/aromatic N) is 1. The SMILES string of the molecule is CCC(CCCCN1C(=O)C=CC1=O)C(N)=O. The Balaban J connectivity index is 2.22. The molecule has 0 spiro atoms. The quantitative estimate of drug-likeness (QED) is 0.520. The Morgan fingerprint density at radius 2 is 1.88 bits per heavy atom. The molecule has 1 aliphatic rings. The fraction of sp³-hybridized carbons (Fsp3) is 0.583. The maximum atomic E-state index is 11.2. The summed E-state index contributed by atoms with van der Waals surface area (Å²) in [4.78, 5) is 34.6. The minimum atomic E-state index is -0.275. The van der Waals surface area contributed by atoms with Gasteiger partial charge in [-0.15, -0.1) is 0 Å². The summed E-state index contributed by atoms with van der Waals surface area (Å²) in [6.07, 6.45) is 5.51. The van der Waals surface area contributed by atoms with Gasteiger partial charge in [-0.3, -0.25) is 19.3 Å². The van der Waals surface area contributed by atoms with E-state index in [9.17, 15) is 14.4 Å². The Hall–Kier alpha value is -1.65. The second kappa shape index (κ2) is 6.18. The number of unbranched alkanes of at least 4 members (excludes halogenated alkanes) is 1. The molecule has 0 bridgehead atoms. The van der Waals surface area contributed by atoms with Crippen LogP contribution >= 0.6 is 0 Å². The van der Waals surface area contributed by atoms with Gasteiger partial charge in [-0.05, 0) is 19.3 Å². The fourth-order valence-electron chi connectivity index (χ4n) is 1.86. The first-order chi connectivity index (χ1) is 8.06. The summed E-state index contributed by atoms with van der Waals surface area (Å²) in [5.41, 5.74) is 5.23. The number of amides is 3. The smallest absolute Gasteiger partial charge is 0.253 e. The molecule has 5 heteroatoms. The van der Waals surface area contributed by atoms with E-state index in [1.165, 1.54) is 17.1 Å². The first kappa shape index (κ1) is 13.4. The van der Waals surface area contributed by atoms with Gasteiger partial charge in [0.2, 0.25) is 5.91 Å². The standard InChI is InChI=1S/C12H18N2O3/c1-2-9(12(13)17)5-3-4-8-14-10(15)6-7-11(14)16/h6-7,9H,2-5,8H2,1H3,(H2,13,17). The van der Waals surface area contributed by atoms with Crippen LogP contribution in [0.3, 0.4) is 0 Å². The van der Waals surface area contributed by atoms with Crippen LogP contribution in [0, 0.1) is 5.92 Å². The zero-order valence-corrected chi connectivity index (χ0v) is 10.0. The lowest BCUT2D eigenvalue weighted by Crippen LogP contribution is -2.31. The highest BCUT2D eigenvalue weighted by molar-refractivity contribution is 6.12. The molecule has 17 heavy (non-hydrogen) atoms. The Morgan fingerprint density at radius 3 is 2.35 bits per heavy atom. The lowest BCUT2D eigenvalue weighted by molar-refractivity contribution is -0.137. The van der Waals surface area contributed by atoms with Crippen molar-refractivity contribution in [2.24, 2.45) is 11.7 Å². The molecule has 1 unspecified atom stereocenters. The Morgan fingerprint density at radius 1 is 1.29 bits per heavy atom. The minimum Gasteiger partial charge on any atom is -0.369 e. The lowest BCUT2D eigenvalue weighted by Gasteiger charge is -2.14. The average Bonchev–Trinajstić information content (AvgIpc) is 2.59. The number of hydrogen-bond acceptors (Lipinski definition) is 3. The van der Waals surface area contributed by atoms with Crippen molar-refractivity contribution in [1.82, 2.24) is 4.90 Å². The maximum Gasteiger partial charge on any atom is 0.253 e. The molecule has 0 radical (unpaired) electrons. The summed E-state index contributed by atoms with van der Waals surface area (Å²) in [6, 6.07) is 0. The predicted octanol–water partition coefficient (Wildman–Crippen LogP) is 0.593. The van der Waals surface area contributed by atoms with Crippen molar-refractivity contribution in [1.29, 1.82) is 0 Å². The molecule has 0 fully saturated rings. The monoisotopic (exact) mass is 238 g/mol. The summed E-state index contributed by atoms with van der Waals surface area (Å²) in [7, 11) is 0. The van der Waals surface area contributed by atoms with E-state index in [1.54, 1.807) is 0 Å². The summed E-state index contributed by atoms with van der Waals surface area (Å²) < 4.78 is 0. The number of nitrogens with two attached hydrogens (primary N) is 1. The molecule has 0 saturated carbocycles. The van der Waals surface area contributed by atoms with Crippen LogP contribution in [0.4, 0.5) is 0 Å². The molecule has 94 valence electrons. The lowest BCUT2D eigenvalue weighted by atomic mass is 9.98. The predicted molar refractivity (Wildman–Crippen MR) is 62.7 cm³/mol. The third-order valence-corrected chi connectivity index (χ3v) is 2.98. The first-order valence-electron chi connectivity index (χ1n) is 5.89. The molecule has 5 nitrogen and oxygen atoms in total. The molecule has 0 aromatic carbocycles. The van der Waals surface area contributed by atoms with E-state index in [1.807, 2.05) is 6.92 Å². The van der Waals surface area contributed by atoms with E-state index in [2.05, 4.69) is 0 Å². The number of carbonyl (C=O) groups excluding carboxylic acids is 3. The molecule has 1 aliphatic heterocycles. The summed E-state index contributed by atoms with van der Waals surface area (Å²) in [5, 5.41) is 0. The van der Waals surface area contributed by atoms with Crippen LogP contribution in [0.1, 0.15) is 32.6 Å². The molecular formula is C12H18N2O3. The fourth-order valence-corrected chi connectivity index (χ4v) is 1.86. The number of hydrogen-bond donors (Lipinski definition) is 1. The maximum absolute atomic E-state index is 11.2. The van der Waals surface area contributed by atoms with Crippen molar-refractivity contribution in [3.05, 3.63) is 12.2 Å². The van der Waals surface area contributed by atoms with Gasteiger partial charge in [-0.2, -0.15) is 0 Å². The normalized spacial score (nSPS) is 16.6. The highest BCUT2D eigenvalue weighted by atomic mass is 16.2. The Kier molecular flexibility index (Phi) is 4.87. The molecule has 0 aromatic heterocycles. The van der Waals surface area contributed by atoms with Crippen LogP contribution in [0.15, 0.2) is 12.2 Å². The van der Waals surface area contributed by atoms with E-state index in [4.69, 9.17) is 5.73 Å². The highest BCUT2D eigenvalue weighted by Crippen LogP contribution is 2.13. The van der Waals surface area contributed by atoms with Crippen molar-refractivity contribution in [3.8, 4) is 0 Å². The van der Waals surface area contributed by atoms with E-state index in [0.29, 0.717) is 13.0 Å². The van der Waals surface area contributed by atoms with Gasteiger partial charge < -0.3 is 5.73 Å². The second-order valence-electron chi connectivity index (χ2n) is 4.16. The van der Waals surface area contributed by atoms with Gasteiger partial charge in [0.15, 0.2) is 0 Å². The highest BCUT2D eigenvalue weighted by Gasteiger charge is 2.22. The molecule has 0 aromatic rings. The van der Waals surface area contributed by atoms with Crippen LogP contribution in [-0.4, -0.2) is 29.2 Å². The van der Waals surface area contributed by atoms with E-state index in [0.717, 1.165) is 19.3 Å². The van der Waals surface area contributed by atoms with Gasteiger partial charge in [-0.1, -0.05) is 13.3 Å². The topological polar surface area (TPSA) is 80.5 Å². The number of carbonyl (C=O) groups is 3. The van der Waals surface area contributed by atoms with Gasteiger partial charge in [0, 0.05) is 24.6 Å². The minimum absolute atomic E-state index is 0.0990. The van der Waals surface area contributed by atoms with Crippen LogP contribution in [-0.2, 0) is 14.4 Å². The van der Waals surface area contributed by atoms with Crippen LogP contribution in [0.5, 0.6) is 0 Å². The Labute approximate surface area is 101 Å². The molecule has 3 amide bonds. The molecule has 1 heterocycles. The summed E-state index contributed by atoms with van der Waals surface area (Å²) >= 11 is 0. The van der Waals surface area contributed by atoms with Crippen molar-refractivity contribution >= 4 is 17.7 Å². The third kappa shape index (κ3) is 3.69. The van der Waals surface area contributed by atoms with E-state index < -0.39 is 0 Å². The van der Waals surface area contributed by atoms with Crippen molar-refractivity contribution in [2.45, 2.75) is 32.6 Å². The van der Waals surface area contributed by atoms with Gasteiger partial charge in [0.05, 0.1) is 0 Å². The van der Waals surface area contributed by atoms with Crippen LogP contribution in [0.2, 0.25) is 0 Å². The van der Waals surface area contributed by atoms with Gasteiger partial charge in [0.25, 0.3) is 11.8 Å². The van der Waals surface area contributed by atoms with E-state index >= 15 is 0 Å². The molecule has 1 rings (SSSR count). The first-order valence-corrected chi connectivity index (χ1v) is 5.89. The van der Waals surface area contributed by atoms with Gasteiger partial charge in [0.1, 0.15) is 0 Å². The molecule has 0 aliphatic carbocycles. The second-order valence-corrected chi connectivity index (χ2v) is 4.16. The molecule has 1 atom stereocenters. The van der Waals surface area contributed by atoms with Crippen molar-refractivity contribution in [3.63, 3.8) is 0 Å². The van der Waals surface area contributed by atoms with Gasteiger partial charge in [-0.25, -0.2) is 0 Å². The number of rotatable bonds is 7. The summed E-state index contributed by atoms with van der Waals surface area (Å²) in [5.74, 6) is -0.880. The number of primary amides is 1. The molecular weight excluding hydrogens is 220 g/mol. The van der Waals surface area contributed by atoms with Crippen molar-refractivity contribution < 1.29 is 14.4 Å². The summed E-state index contributed by atoms with van der Waals surface area (Å²) in [6.45, 7) is 2.34.